The molecule has 4 rings (SSSR count). The predicted molar refractivity (Wildman–Crippen MR) is 171 cm³/mol. The second kappa shape index (κ2) is 13.4. The highest BCUT2D eigenvalue weighted by Crippen LogP contribution is 2.39. The third-order valence-corrected chi connectivity index (χ3v) is 10.6. The first kappa shape index (κ1) is 31.1. The Bertz CT molecular complexity index is 1670. The van der Waals surface area contributed by atoms with Crippen LogP contribution in [0, 0.1) is 5.41 Å². The van der Waals surface area contributed by atoms with E-state index >= 15 is 0 Å². The van der Waals surface area contributed by atoms with Crippen molar-refractivity contribution < 1.29 is 18.3 Å². The van der Waals surface area contributed by atoms with Crippen LogP contribution in [-0.2, 0) is 14.6 Å². The Morgan fingerprint density at radius 2 is 1.68 bits per heavy atom. The topological polar surface area (TPSA) is 84.3 Å². The number of aliphatic carboxylic acids is 1. The fourth-order valence-electron chi connectivity index (χ4n) is 4.40. The summed E-state index contributed by atoms with van der Waals surface area (Å²) in [5.41, 5.74) is 3.09. The number of benzene rings is 3. The maximum atomic E-state index is 13.1. The van der Waals surface area contributed by atoms with Gasteiger partial charge < -0.3 is 5.11 Å². The standard InChI is InChI=1S/C32H31Cl2NO4S2/c1-32(2,20-31(36)37)21-40-30(16-17-41(38,39)28-14-10-25(33)11-15-28)24-5-3-4-22(18-24)6-12-27-13-8-23-7-9-26(34)19-29(23)35-27/h3-15,18-19,30H,16-17,20-21H2,1-2H3,(H,36,37)/b12-6+. The Labute approximate surface area is 255 Å². The first-order chi connectivity index (χ1) is 19.4. The van der Waals surface area contributed by atoms with Crippen LogP contribution in [0.2, 0.25) is 10.0 Å². The van der Waals surface area contributed by atoms with E-state index in [4.69, 9.17) is 23.2 Å². The monoisotopic (exact) mass is 627 g/mol. The molecule has 0 radical (unpaired) electrons. The number of pyridine rings is 1. The molecule has 1 aromatic heterocycles. The Morgan fingerprint density at radius 3 is 2.41 bits per heavy atom. The van der Waals surface area contributed by atoms with Gasteiger partial charge in [0.05, 0.1) is 28.3 Å². The van der Waals surface area contributed by atoms with Crippen LogP contribution >= 0.6 is 35.0 Å². The number of rotatable bonds is 12. The van der Waals surface area contributed by atoms with Crippen molar-refractivity contribution in [1.29, 1.82) is 0 Å². The predicted octanol–water partition coefficient (Wildman–Crippen LogP) is 8.85. The number of sulfone groups is 1. The molecule has 9 heteroatoms. The summed E-state index contributed by atoms with van der Waals surface area (Å²) in [5.74, 6) is -0.335. The van der Waals surface area contributed by atoms with E-state index in [2.05, 4.69) is 4.98 Å². The number of carboxylic acid groups (broad SMARTS) is 1. The minimum absolute atomic E-state index is 0.0303. The van der Waals surface area contributed by atoms with Gasteiger partial charge in [0.1, 0.15) is 0 Å². The molecule has 214 valence electrons. The van der Waals surface area contributed by atoms with Crippen LogP contribution in [-0.4, -0.2) is 36.0 Å². The lowest BCUT2D eigenvalue weighted by atomic mass is 9.92. The summed E-state index contributed by atoms with van der Waals surface area (Å²) in [5, 5.41) is 11.3. The van der Waals surface area contributed by atoms with Gasteiger partial charge in [-0.2, -0.15) is 11.8 Å². The van der Waals surface area contributed by atoms with Crippen molar-refractivity contribution in [2.75, 3.05) is 11.5 Å². The van der Waals surface area contributed by atoms with Gasteiger partial charge in [0.15, 0.2) is 9.84 Å². The van der Waals surface area contributed by atoms with Gasteiger partial charge in [-0.1, -0.05) is 79.5 Å². The zero-order chi connectivity index (χ0) is 29.6. The largest absolute Gasteiger partial charge is 0.481 e. The van der Waals surface area contributed by atoms with Crippen LogP contribution in [0.5, 0.6) is 0 Å². The first-order valence-electron chi connectivity index (χ1n) is 13.1. The van der Waals surface area contributed by atoms with Gasteiger partial charge in [-0.3, -0.25) is 4.79 Å². The van der Waals surface area contributed by atoms with Gasteiger partial charge >= 0.3 is 5.97 Å². The third kappa shape index (κ3) is 9.07. The number of hydrogen-bond donors (Lipinski definition) is 1. The van der Waals surface area contributed by atoms with Crippen molar-refractivity contribution in [3.8, 4) is 0 Å². The van der Waals surface area contributed by atoms with Crippen LogP contribution in [0.1, 0.15) is 48.8 Å². The highest BCUT2D eigenvalue weighted by molar-refractivity contribution is 7.99. The summed E-state index contributed by atoms with van der Waals surface area (Å²) in [6.07, 6.45) is 4.31. The fourth-order valence-corrected chi connectivity index (χ4v) is 7.55. The molecule has 1 heterocycles. The van der Waals surface area contributed by atoms with Gasteiger partial charge in [0.2, 0.25) is 0 Å². The molecule has 0 aliphatic rings. The first-order valence-corrected chi connectivity index (χ1v) is 16.5. The summed E-state index contributed by atoms with van der Waals surface area (Å²) < 4.78 is 26.2. The lowest BCUT2D eigenvalue weighted by Gasteiger charge is -2.26. The molecule has 0 fully saturated rings. The number of carboxylic acids is 1. The maximum absolute atomic E-state index is 13.1. The lowest BCUT2D eigenvalue weighted by Crippen LogP contribution is -2.20. The zero-order valence-electron chi connectivity index (χ0n) is 22.8. The molecule has 1 N–H and O–H groups in total. The fraction of sp³-hybridized carbons (Fsp3) is 0.250. The average molecular weight is 629 g/mol. The van der Waals surface area contributed by atoms with Crippen molar-refractivity contribution in [1.82, 2.24) is 4.98 Å². The summed E-state index contributed by atoms with van der Waals surface area (Å²) >= 11 is 13.7. The molecular formula is C32H31Cl2NO4S2. The number of aromatic nitrogens is 1. The van der Waals surface area contributed by atoms with E-state index in [0.29, 0.717) is 22.2 Å². The van der Waals surface area contributed by atoms with Crippen LogP contribution in [0.3, 0.4) is 0 Å². The number of carbonyl (C=O) groups is 1. The van der Waals surface area contributed by atoms with E-state index in [1.54, 1.807) is 23.9 Å². The quantitative estimate of drug-likeness (QED) is 0.169. The van der Waals surface area contributed by atoms with Crippen molar-refractivity contribution in [3.05, 3.63) is 106 Å². The van der Waals surface area contributed by atoms with Gasteiger partial charge in [-0.05, 0) is 77.3 Å². The van der Waals surface area contributed by atoms with Gasteiger partial charge in [0, 0.05) is 20.7 Å². The van der Waals surface area contributed by atoms with E-state index in [0.717, 1.165) is 27.7 Å². The second-order valence-electron chi connectivity index (χ2n) is 10.7. The molecule has 0 aliphatic carbocycles. The number of hydrogen-bond acceptors (Lipinski definition) is 5. The molecule has 3 aromatic carbocycles. The van der Waals surface area contributed by atoms with Crippen LogP contribution in [0.4, 0.5) is 0 Å². The third-order valence-electron chi connectivity index (χ3n) is 6.53. The van der Waals surface area contributed by atoms with E-state index in [1.807, 2.05) is 80.6 Å². The van der Waals surface area contributed by atoms with E-state index < -0.39 is 21.2 Å². The van der Waals surface area contributed by atoms with Crippen LogP contribution in [0.25, 0.3) is 23.1 Å². The Morgan fingerprint density at radius 1 is 0.976 bits per heavy atom. The average Bonchev–Trinajstić information content (AvgIpc) is 2.91. The molecular weight excluding hydrogens is 597 g/mol. The summed E-state index contributed by atoms with van der Waals surface area (Å²) in [6.45, 7) is 3.83. The Kier molecular flexibility index (Phi) is 10.2. The lowest BCUT2D eigenvalue weighted by molar-refractivity contribution is -0.138. The molecule has 5 nitrogen and oxygen atoms in total. The second-order valence-corrected chi connectivity index (χ2v) is 14.8. The zero-order valence-corrected chi connectivity index (χ0v) is 25.9. The molecule has 41 heavy (non-hydrogen) atoms. The van der Waals surface area contributed by atoms with Gasteiger partial charge in [-0.25, -0.2) is 13.4 Å². The van der Waals surface area contributed by atoms with Crippen molar-refractivity contribution >= 4 is 73.8 Å². The highest BCUT2D eigenvalue weighted by atomic mass is 35.5. The van der Waals surface area contributed by atoms with Crippen molar-refractivity contribution in [2.24, 2.45) is 5.41 Å². The highest BCUT2D eigenvalue weighted by Gasteiger charge is 2.26. The molecule has 0 saturated heterocycles. The summed E-state index contributed by atoms with van der Waals surface area (Å²) in [7, 11) is -3.53. The molecule has 0 aliphatic heterocycles. The SMILES string of the molecule is CC(C)(CSC(CCS(=O)(=O)c1ccc(Cl)cc1)c1cccc(/C=C/c2ccc3ccc(Cl)cc3n2)c1)CC(=O)O. The summed E-state index contributed by atoms with van der Waals surface area (Å²) in [6, 6.07) is 23.7. The smallest absolute Gasteiger partial charge is 0.303 e. The van der Waals surface area contributed by atoms with E-state index in [-0.39, 0.29) is 22.3 Å². The minimum Gasteiger partial charge on any atom is -0.481 e. The molecule has 0 amide bonds. The number of thioether (sulfide) groups is 1. The Balaban J connectivity index is 1.56. The van der Waals surface area contributed by atoms with Crippen molar-refractivity contribution in [2.45, 2.75) is 36.8 Å². The molecule has 0 saturated carbocycles. The molecule has 0 spiro atoms. The normalized spacial score (nSPS) is 13.1. The molecule has 4 aromatic rings. The minimum atomic E-state index is -3.53. The van der Waals surface area contributed by atoms with Crippen LogP contribution < -0.4 is 0 Å². The Hall–Kier alpha value is -2.84. The molecule has 1 unspecified atom stereocenters. The maximum Gasteiger partial charge on any atom is 0.303 e. The number of halogens is 2. The van der Waals surface area contributed by atoms with Crippen LogP contribution in [0.15, 0.2) is 83.8 Å². The molecule has 0 bridgehead atoms. The van der Waals surface area contributed by atoms with Crippen molar-refractivity contribution in [3.63, 3.8) is 0 Å². The summed E-state index contributed by atoms with van der Waals surface area (Å²) in [4.78, 5) is 16.3. The molecule has 1 atom stereocenters. The number of fused-ring (bicyclic) bond motifs is 1. The van der Waals surface area contributed by atoms with Gasteiger partial charge in [0.25, 0.3) is 0 Å². The van der Waals surface area contributed by atoms with E-state index in [1.165, 1.54) is 12.1 Å². The van der Waals surface area contributed by atoms with Gasteiger partial charge in [-0.15, -0.1) is 0 Å². The number of nitrogens with zero attached hydrogens (tertiary/aromatic N) is 1. The van der Waals surface area contributed by atoms with E-state index in [9.17, 15) is 18.3 Å².